The zero-order valence-electron chi connectivity index (χ0n) is 19.6. The van der Waals surface area contributed by atoms with E-state index in [0.717, 1.165) is 24.6 Å². The second-order valence-electron chi connectivity index (χ2n) is 7.91. The number of unbranched alkanes of at least 4 members (excludes halogenated alkanes) is 1. The highest BCUT2D eigenvalue weighted by Gasteiger charge is 2.16. The molecule has 4 rings (SSSR count). The maximum atomic E-state index is 13.3. The molecule has 184 valence electrons. The van der Waals surface area contributed by atoms with Gasteiger partial charge in [0, 0.05) is 5.69 Å². The van der Waals surface area contributed by atoms with Crippen molar-refractivity contribution in [2.24, 2.45) is 0 Å². The highest BCUT2D eigenvalue weighted by atomic mass is 35.5. The first-order valence-corrected chi connectivity index (χ1v) is 12.8. The average molecular weight is 522 g/mol. The maximum Gasteiger partial charge on any atom is 0.339 e. The number of esters is 1. The largest absolute Gasteiger partial charge is 0.462 e. The number of nitrogens with one attached hydrogen (secondary N) is 1. The number of hydrogen-bond donors (Lipinski definition) is 1. The minimum Gasteiger partial charge on any atom is -0.462 e. The molecular weight excluding hydrogens is 498 g/mol. The number of aromatic nitrogens is 2. The highest BCUT2D eigenvalue weighted by Crippen LogP contribution is 2.24. The number of rotatable bonds is 9. The van der Waals surface area contributed by atoms with E-state index in [9.17, 15) is 14.4 Å². The zero-order chi connectivity index (χ0) is 25.5. The molecule has 0 spiro atoms. The second kappa shape index (κ2) is 11.9. The quantitative estimate of drug-likeness (QED) is 0.131. The van der Waals surface area contributed by atoms with Gasteiger partial charge >= 0.3 is 5.97 Å². The standard InChI is InChI=1S/C27H24ClN3O4S/c1-2-3-15-35-26(34)21-16-18(13-14-22(21)28)29-24(32)17-36-27-30-23-12-8-7-11-20(23)25(33)31(27)19-9-5-4-6-10-19/h4-14,16H,2-3,15,17H2,1H3,(H,29,32). The Labute approximate surface area is 217 Å². The monoisotopic (exact) mass is 521 g/mol. The van der Waals surface area contributed by atoms with Crippen LogP contribution in [0.4, 0.5) is 5.69 Å². The lowest BCUT2D eigenvalue weighted by Gasteiger charge is -2.13. The van der Waals surface area contributed by atoms with Crippen LogP contribution in [0, 0.1) is 0 Å². The van der Waals surface area contributed by atoms with E-state index in [4.69, 9.17) is 16.3 Å². The molecule has 0 aliphatic heterocycles. The van der Waals surface area contributed by atoms with Gasteiger partial charge in [0.2, 0.25) is 5.91 Å². The molecule has 0 atom stereocenters. The van der Waals surface area contributed by atoms with Crippen LogP contribution in [0.1, 0.15) is 30.1 Å². The fraction of sp³-hybridized carbons (Fsp3) is 0.185. The van der Waals surface area contributed by atoms with Crippen LogP contribution in [0.2, 0.25) is 5.02 Å². The number of thioether (sulfide) groups is 1. The first-order valence-electron chi connectivity index (χ1n) is 11.4. The topological polar surface area (TPSA) is 90.3 Å². The Balaban J connectivity index is 1.53. The van der Waals surface area contributed by atoms with E-state index in [1.165, 1.54) is 10.6 Å². The molecule has 36 heavy (non-hydrogen) atoms. The fourth-order valence-electron chi connectivity index (χ4n) is 3.49. The molecule has 0 radical (unpaired) electrons. The lowest BCUT2D eigenvalue weighted by Crippen LogP contribution is -2.23. The van der Waals surface area contributed by atoms with E-state index in [2.05, 4.69) is 10.3 Å². The molecule has 1 aromatic heterocycles. The average Bonchev–Trinajstić information content (AvgIpc) is 2.89. The Morgan fingerprint density at radius 2 is 1.81 bits per heavy atom. The van der Waals surface area contributed by atoms with Crippen molar-refractivity contribution in [3.8, 4) is 5.69 Å². The summed E-state index contributed by atoms with van der Waals surface area (Å²) in [5.41, 5.74) is 1.61. The summed E-state index contributed by atoms with van der Waals surface area (Å²) >= 11 is 7.31. The van der Waals surface area contributed by atoms with Crippen molar-refractivity contribution in [1.29, 1.82) is 0 Å². The molecule has 0 aliphatic carbocycles. The van der Waals surface area contributed by atoms with Gasteiger partial charge < -0.3 is 10.1 Å². The van der Waals surface area contributed by atoms with Gasteiger partial charge in [-0.1, -0.05) is 67.0 Å². The van der Waals surface area contributed by atoms with Gasteiger partial charge in [0.1, 0.15) is 0 Å². The molecule has 1 heterocycles. The normalized spacial score (nSPS) is 10.8. The molecule has 3 aromatic carbocycles. The van der Waals surface area contributed by atoms with Gasteiger partial charge in [0.25, 0.3) is 5.56 Å². The Morgan fingerprint density at radius 1 is 1.06 bits per heavy atom. The highest BCUT2D eigenvalue weighted by molar-refractivity contribution is 7.99. The van der Waals surface area contributed by atoms with Crippen LogP contribution < -0.4 is 10.9 Å². The van der Waals surface area contributed by atoms with Crippen molar-refractivity contribution in [1.82, 2.24) is 9.55 Å². The van der Waals surface area contributed by atoms with Gasteiger partial charge in [0.15, 0.2) is 5.16 Å². The van der Waals surface area contributed by atoms with Gasteiger partial charge in [0.05, 0.1) is 39.5 Å². The van der Waals surface area contributed by atoms with Crippen LogP contribution in [0.3, 0.4) is 0 Å². The Morgan fingerprint density at radius 3 is 2.58 bits per heavy atom. The third kappa shape index (κ3) is 5.95. The lowest BCUT2D eigenvalue weighted by atomic mass is 10.2. The van der Waals surface area contributed by atoms with Crippen molar-refractivity contribution >= 4 is 51.8 Å². The van der Waals surface area contributed by atoms with E-state index in [1.54, 1.807) is 30.3 Å². The molecule has 7 nitrogen and oxygen atoms in total. The van der Waals surface area contributed by atoms with Crippen LogP contribution in [-0.4, -0.2) is 33.8 Å². The van der Waals surface area contributed by atoms with Crippen LogP contribution in [0.25, 0.3) is 16.6 Å². The Bertz CT molecular complexity index is 1460. The van der Waals surface area contributed by atoms with Crippen LogP contribution >= 0.6 is 23.4 Å². The molecule has 0 saturated heterocycles. The minimum absolute atomic E-state index is 0.00345. The van der Waals surface area contributed by atoms with Gasteiger partial charge in [-0.15, -0.1) is 0 Å². The summed E-state index contributed by atoms with van der Waals surface area (Å²) in [5.74, 6) is -0.864. The number of fused-ring (bicyclic) bond motifs is 1. The Kier molecular flexibility index (Phi) is 8.40. The number of benzene rings is 3. The molecule has 0 fully saturated rings. The van der Waals surface area contributed by atoms with Crippen LogP contribution in [0.5, 0.6) is 0 Å². The van der Waals surface area contributed by atoms with Crippen molar-refractivity contribution in [2.45, 2.75) is 24.9 Å². The smallest absolute Gasteiger partial charge is 0.339 e. The molecule has 0 saturated carbocycles. The molecule has 0 unspecified atom stereocenters. The molecule has 1 amide bonds. The first kappa shape index (κ1) is 25.5. The summed E-state index contributed by atoms with van der Waals surface area (Å²) in [6.07, 6.45) is 1.66. The second-order valence-corrected chi connectivity index (χ2v) is 9.26. The number of carbonyl (C=O) groups excluding carboxylic acids is 2. The van der Waals surface area contributed by atoms with E-state index >= 15 is 0 Å². The summed E-state index contributed by atoms with van der Waals surface area (Å²) in [6.45, 7) is 2.31. The van der Waals surface area contributed by atoms with Crippen LogP contribution in [0.15, 0.2) is 82.7 Å². The maximum absolute atomic E-state index is 13.3. The van der Waals surface area contributed by atoms with Crippen LogP contribution in [-0.2, 0) is 9.53 Å². The number of halogens is 1. The molecule has 0 aliphatic rings. The summed E-state index contributed by atoms with van der Waals surface area (Å²) < 4.78 is 6.74. The molecular formula is C27H24ClN3O4S. The number of nitrogens with zero attached hydrogens (tertiary/aromatic N) is 2. The molecule has 0 bridgehead atoms. The van der Waals surface area contributed by atoms with Crippen molar-refractivity contribution in [3.63, 3.8) is 0 Å². The van der Waals surface area contributed by atoms with Gasteiger partial charge in [-0.25, -0.2) is 9.78 Å². The number of carbonyl (C=O) groups is 2. The molecule has 1 N–H and O–H groups in total. The first-order chi connectivity index (χ1) is 17.5. The van der Waals surface area contributed by atoms with E-state index in [0.29, 0.717) is 34.0 Å². The van der Waals surface area contributed by atoms with E-state index in [-0.39, 0.29) is 27.8 Å². The SMILES string of the molecule is CCCCOC(=O)c1cc(NC(=O)CSc2nc3ccccc3c(=O)n2-c2ccccc2)ccc1Cl. The molecule has 9 heteroatoms. The predicted molar refractivity (Wildman–Crippen MR) is 143 cm³/mol. The van der Waals surface area contributed by atoms with Crippen molar-refractivity contribution in [3.05, 3.63) is 93.7 Å². The minimum atomic E-state index is -0.536. The molecule has 4 aromatic rings. The van der Waals surface area contributed by atoms with Gasteiger partial charge in [-0.3, -0.25) is 14.2 Å². The fourth-order valence-corrected chi connectivity index (χ4v) is 4.49. The number of ether oxygens (including phenoxy) is 1. The summed E-state index contributed by atoms with van der Waals surface area (Å²) in [6, 6.07) is 20.9. The summed E-state index contributed by atoms with van der Waals surface area (Å²) in [4.78, 5) is 43.0. The number of anilines is 1. The number of para-hydroxylation sites is 2. The summed E-state index contributed by atoms with van der Waals surface area (Å²) in [7, 11) is 0. The van der Waals surface area contributed by atoms with Crippen molar-refractivity contribution in [2.75, 3.05) is 17.7 Å². The number of amides is 1. The summed E-state index contributed by atoms with van der Waals surface area (Å²) in [5, 5.41) is 3.91. The number of hydrogen-bond acceptors (Lipinski definition) is 6. The van der Waals surface area contributed by atoms with Crippen molar-refractivity contribution < 1.29 is 14.3 Å². The third-order valence-electron chi connectivity index (χ3n) is 5.29. The van der Waals surface area contributed by atoms with E-state index in [1.807, 2.05) is 43.3 Å². The van der Waals surface area contributed by atoms with Gasteiger partial charge in [-0.2, -0.15) is 0 Å². The predicted octanol–water partition coefficient (Wildman–Crippen LogP) is 5.73. The van der Waals surface area contributed by atoms with Gasteiger partial charge in [-0.05, 0) is 48.9 Å². The Hall–Kier alpha value is -3.62. The lowest BCUT2D eigenvalue weighted by molar-refractivity contribution is -0.113. The van der Waals surface area contributed by atoms with E-state index < -0.39 is 5.97 Å². The zero-order valence-corrected chi connectivity index (χ0v) is 21.1. The third-order valence-corrected chi connectivity index (χ3v) is 6.56.